The van der Waals surface area contributed by atoms with Crippen LogP contribution in [-0.2, 0) is 4.65 Å². The van der Waals surface area contributed by atoms with Crippen LogP contribution in [0.15, 0.2) is 79.0 Å². The van der Waals surface area contributed by atoms with Crippen molar-refractivity contribution < 1.29 is 13.3 Å². The first-order chi connectivity index (χ1) is 11.7. The molecule has 1 heterocycles. The largest absolute Gasteiger partial charge is 0.796 e. The molecule has 2 nitrogen and oxygen atoms in total. The van der Waals surface area contributed by atoms with Crippen LogP contribution in [0.25, 0.3) is 23.0 Å². The van der Waals surface area contributed by atoms with E-state index in [1.165, 1.54) is 6.08 Å². The third kappa shape index (κ3) is 4.07. The number of benzene rings is 2. The molecule has 0 fully saturated rings. The second-order valence-electron chi connectivity index (χ2n) is 5.09. The Labute approximate surface area is 139 Å². The van der Waals surface area contributed by atoms with Crippen molar-refractivity contribution in [1.29, 1.82) is 0 Å². The third-order valence-corrected chi connectivity index (χ3v) is 3.45. The molecule has 0 amide bonds. The van der Waals surface area contributed by atoms with Crippen LogP contribution in [-0.4, -0.2) is 12.5 Å². The van der Waals surface area contributed by atoms with Crippen molar-refractivity contribution >= 4 is 19.3 Å². The number of rotatable bonds is 5. The predicted octanol–water partition coefficient (Wildman–Crippen LogP) is 5.19. The van der Waals surface area contributed by atoms with Gasteiger partial charge in [-0.25, -0.2) is 8.63 Å². The van der Waals surface area contributed by atoms with Crippen molar-refractivity contribution in [3.8, 4) is 11.1 Å². The summed E-state index contributed by atoms with van der Waals surface area (Å²) >= 11 is 0. The molecule has 2 aromatic carbocycles. The van der Waals surface area contributed by atoms with Gasteiger partial charge in [0.05, 0.1) is 5.69 Å². The van der Waals surface area contributed by atoms with Crippen LogP contribution < -0.4 is 0 Å². The lowest BCUT2D eigenvalue weighted by Crippen LogP contribution is -2.04. The highest BCUT2D eigenvalue weighted by Crippen LogP contribution is 2.22. The van der Waals surface area contributed by atoms with Gasteiger partial charge in [-0.1, -0.05) is 66.7 Å². The molecule has 118 valence electrons. The van der Waals surface area contributed by atoms with Crippen LogP contribution >= 0.6 is 0 Å². The molecule has 0 N–H and O–H groups in total. The predicted molar refractivity (Wildman–Crippen MR) is 93.0 cm³/mol. The minimum Gasteiger partial charge on any atom is -0.505 e. The van der Waals surface area contributed by atoms with Crippen LogP contribution in [0.1, 0.15) is 11.3 Å². The number of aromatic nitrogens is 1. The maximum absolute atomic E-state index is 12.7. The molecule has 0 saturated carbocycles. The van der Waals surface area contributed by atoms with Gasteiger partial charge in [-0.05, 0) is 11.6 Å². The van der Waals surface area contributed by atoms with Crippen LogP contribution in [0.2, 0.25) is 0 Å². The molecule has 5 heteroatoms. The minimum atomic E-state index is -2.89. The second kappa shape index (κ2) is 7.55. The summed E-state index contributed by atoms with van der Waals surface area (Å²) in [7, 11) is -2.89. The molecule has 0 aliphatic heterocycles. The minimum absolute atomic E-state index is 0.0885. The fraction of sp³-hybridized carbons (Fsp3) is 0. The summed E-state index contributed by atoms with van der Waals surface area (Å²) < 4.78 is 30.0. The maximum atomic E-state index is 12.7. The van der Waals surface area contributed by atoms with Gasteiger partial charge >= 0.3 is 7.47 Å². The Bertz CT molecular complexity index is 806. The van der Waals surface area contributed by atoms with Gasteiger partial charge in [0.1, 0.15) is 5.76 Å². The topological polar surface area (TPSA) is 22.1 Å². The van der Waals surface area contributed by atoms with Crippen molar-refractivity contribution in [2.45, 2.75) is 0 Å². The van der Waals surface area contributed by atoms with Gasteiger partial charge in [0.2, 0.25) is 0 Å². The van der Waals surface area contributed by atoms with E-state index in [4.69, 9.17) is 0 Å². The molecule has 0 aliphatic carbocycles. The molecule has 3 rings (SSSR count). The lowest BCUT2D eigenvalue weighted by atomic mass is 10.1. The zero-order valence-corrected chi connectivity index (χ0v) is 12.8. The van der Waals surface area contributed by atoms with Crippen LogP contribution in [0, 0.1) is 0 Å². The van der Waals surface area contributed by atoms with E-state index < -0.39 is 7.47 Å². The third-order valence-electron chi connectivity index (χ3n) is 3.45. The highest BCUT2D eigenvalue weighted by Gasteiger charge is 2.20. The van der Waals surface area contributed by atoms with E-state index in [1.807, 2.05) is 42.5 Å². The van der Waals surface area contributed by atoms with E-state index in [1.54, 1.807) is 36.5 Å². The molecule has 0 radical (unpaired) electrons. The first kappa shape index (κ1) is 15.9. The number of hydrogen-bond donors (Lipinski definition) is 0. The molecule has 0 atom stereocenters. The van der Waals surface area contributed by atoms with Gasteiger partial charge in [0, 0.05) is 23.4 Å². The van der Waals surface area contributed by atoms with Crippen LogP contribution in [0.5, 0.6) is 0 Å². The van der Waals surface area contributed by atoms with E-state index in [-0.39, 0.29) is 5.76 Å². The Hall–Kier alpha value is -2.95. The summed E-state index contributed by atoms with van der Waals surface area (Å²) in [4.78, 5) is 4.33. The lowest BCUT2D eigenvalue weighted by Gasteiger charge is -2.09. The van der Waals surface area contributed by atoms with Gasteiger partial charge in [0.15, 0.2) is 0 Å². The van der Waals surface area contributed by atoms with E-state index in [0.29, 0.717) is 11.3 Å². The van der Waals surface area contributed by atoms with Gasteiger partial charge < -0.3 is 4.65 Å². The Morgan fingerprint density at radius 1 is 0.833 bits per heavy atom. The SMILES string of the molecule is FB(F)O/C(=C\c1ccc(-c2ccccc2)cn1)c1ccccc1. The monoisotopic (exact) mass is 321 g/mol. The van der Waals surface area contributed by atoms with E-state index in [0.717, 1.165) is 11.1 Å². The van der Waals surface area contributed by atoms with Crippen molar-refractivity contribution in [2.24, 2.45) is 0 Å². The molecule has 0 unspecified atom stereocenters. The molecule has 0 bridgehead atoms. The van der Waals surface area contributed by atoms with Gasteiger partial charge in [-0.2, -0.15) is 0 Å². The molecular weight excluding hydrogens is 307 g/mol. The van der Waals surface area contributed by atoms with E-state index >= 15 is 0 Å². The highest BCUT2D eigenvalue weighted by atomic mass is 19.2. The summed E-state index contributed by atoms with van der Waals surface area (Å²) in [6, 6.07) is 22.3. The van der Waals surface area contributed by atoms with E-state index in [9.17, 15) is 8.63 Å². The zero-order chi connectivity index (χ0) is 16.8. The van der Waals surface area contributed by atoms with Crippen LogP contribution in [0.3, 0.4) is 0 Å². The quantitative estimate of drug-likeness (QED) is 0.477. The highest BCUT2D eigenvalue weighted by molar-refractivity contribution is 6.36. The van der Waals surface area contributed by atoms with Crippen molar-refractivity contribution in [3.63, 3.8) is 0 Å². The second-order valence-corrected chi connectivity index (χ2v) is 5.09. The molecule has 24 heavy (non-hydrogen) atoms. The van der Waals surface area contributed by atoms with Gasteiger partial charge in [-0.15, -0.1) is 0 Å². The molecule has 0 saturated heterocycles. The average molecular weight is 321 g/mol. The standard InChI is InChI=1S/C19H14BF2NO/c21-20(22)24-19(16-9-5-2-6-10-16)13-18-12-11-17(14-23-18)15-7-3-1-4-8-15/h1-14H/b19-13-. The lowest BCUT2D eigenvalue weighted by molar-refractivity contribution is 0.398. The summed E-state index contributed by atoms with van der Waals surface area (Å²) in [6.07, 6.45) is 3.22. The van der Waals surface area contributed by atoms with Gasteiger partial charge in [0.25, 0.3) is 0 Å². The first-order valence-electron chi connectivity index (χ1n) is 7.46. The Morgan fingerprint density at radius 3 is 2.08 bits per heavy atom. The number of nitrogens with zero attached hydrogens (tertiary/aromatic N) is 1. The van der Waals surface area contributed by atoms with Crippen molar-refractivity contribution in [2.75, 3.05) is 0 Å². The molecule has 3 aromatic rings. The number of hydrogen-bond acceptors (Lipinski definition) is 2. The summed E-state index contributed by atoms with van der Waals surface area (Å²) in [5.41, 5.74) is 3.14. The Kier molecular flexibility index (Phi) is 5.01. The molecular formula is C19H14BF2NO. The first-order valence-corrected chi connectivity index (χ1v) is 7.46. The fourth-order valence-electron chi connectivity index (χ4n) is 2.31. The van der Waals surface area contributed by atoms with Crippen molar-refractivity contribution in [1.82, 2.24) is 4.98 Å². The maximum Gasteiger partial charge on any atom is 0.796 e. The Balaban J connectivity index is 1.90. The molecule has 0 spiro atoms. The number of pyridine rings is 1. The summed E-state index contributed by atoms with van der Waals surface area (Å²) in [6.45, 7) is 0. The van der Waals surface area contributed by atoms with Crippen molar-refractivity contribution in [3.05, 3.63) is 90.3 Å². The van der Waals surface area contributed by atoms with Crippen LogP contribution in [0.4, 0.5) is 8.63 Å². The zero-order valence-electron chi connectivity index (χ0n) is 12.8. The smallest absolute Gasteiger partial charge is 0.505 e. The number of halogens is 2. The molecule has 1 aromatic heterocycles. The van der Waals surface area contributed by atoms with Gasteiger partial charge in [-0.3, -0.25) is 4.98 Å². The average Bonchev–Trinajstić information content (AvgIpc) is 2.63. The van der Waals surface area contributed by atoms with E-state index in [2.05, 4.69) is 9.64 Å². The summed E-state index contributed by atoms with van der Waals surface area (Å²) in [5, 5.41) is 0. The fourth-order valence-corrected chi connectivity index (χ4v) is 2.31. The Morgan fingerprint density at radius 2 is 1.50 bits per heavy atom. The molecule has 0 aliphatic rings. The normalized spacial score (nSPS) is 11.2. The summed E-state index contributed by atoms with van der Waals surface area (Å²) in [5.74, 6) is 0.0885.